The summed E-state index contributed by atoms with van der Waals surface area (Å²) in [7, 11) is 0. The monoisotopic (exact) mass is 376 g/mol. The molecule has 0 radical (unpaired) electrons. The number of benzene rings is 1. The highest BCUT2D eigenvalue weighted by atomic mass is 32.2. The first-order valence-corrected chi connectivity index (χ1v) is 10.5. The van der Waals surface area contributed by atoms with Crippen LogP contribution in [0.2, 0.25) is 0 Å². The lowest BCUT2D eigenvalue weighted by Crippen LogP contribution is -2.33. The van der Waals surface area contributed by atoms with Crippen LogP contribution in [0, 0.1) is 0 Å². The van der Waals surface area contributed by atoms with Crippen molar-refractivity contribution >= 4 is 39.8 Å². The third-order valence-corrected chi connectivity index (χ3v) is 6.25. The van der Waals surface area contributed by atoms with Crippen LogP contribution in [0.3, 0.4) is 0 Å². The summed E-state index contributed by atoms with van der Waals surface area (Å²) in [5, 5.41) is 15.4. The van der Waals surface area contributed by atoms with Crippen LogP contribution in [0.4, 0.5) is 10.8 Å². The Morgan fingerprint density at radius 1 is 1.24 bits per heavy atom. The second-order valence-corrected chi connectivity index (χ2v) is 8.81. The van der Waals surface area contributed by atoms with Gasteiger partial charge in [0.25, 0.3) is 0 Å². The molecule has 25 heavy (non-hydrogen) atoms. The molecule has 0 unspecified atom stereocenters. The number of aromatic nitrogens is 2. The summed E-state index contributed by atoms with van der Waals surface area (Å²) < 4.78 is 0.808. The van der Waals surface area contributed by atoms with Gasteiger partial charge in [-0.3, -0.25) is 4.79 Å². The van der Waals surface area contributed by atoms with Gasteiger partial charge in [0.05, 0.1) is 5.75 Å². The molecule has 1 aromatic heterocycles. The molecule has 1 heterocycles. The lowest BCUT2D eigenvalue weighted by atomic mass is 10.0. The molecule has 1 fully saturated rings. The molecule has 1 saturated carbocycles. The highest BCUT2D eigenvalue weighted by Crippen LogP contribution is 2.28. The molecule has 134 valence electrons. The molecule has 0 aliphatic heterocycles. The predicted molar refractivity (Wildman–Crippen MR) is 105 cm³/mol. The molecule has 2 N–H and O–H groups in total. The molecule has 0 spiro atoms. The zero-order valence-corrected chi connectivity index (χ0v) is 16.3. The zero-order chi connectivity index (χ0) is 17.6. The molecule has 1 aliphatic carbocycles. The Morgan fingerprint density at radius 3 is 2.64 bits per heavy atom. The van der Waals surface area contributed by atoms with E-state index in [4.69, 9.17) is 0 Å². The van der Waals surface area contributed by atoms with E-state index >= 15 is 0 Å². The van der Waals surface area contributed by atoms with Gasteiger partial charge in [-0.15, -0.1) is 10.2 Å². The van der Waals surface area contributed by atoms with E-state index in [1.54, 1.807) is 0 Å². The van der Waals surface area contributed by atoms with E-state index in [0.717, 1.165) is 28.0 Å². The van der Waals surface area contributed by atoms with E-state index in [2.05, 4.69) is 58.9 Å². The highest BCUT2D eigenvalue weighted by molar-refractivity contribution is 8.01. The Hall–Kier alpha value is -1.60. The predicted octanol–water partition coefficient (Wildman–Crippen LogP) is 4.56. The summed E-state index contributed by atoms with van der Waals surface area (Å²) in [6, 6.07) is 8.72. The molecular formula is C18H24N4OS2. The van der Waals surface area contributed by atoms with Crippen molar-refractivity contribution < 1.29 is 4.79 Å². The van der Waals surface area contributed by atoms with Gasteiger partial charge in [-0.25, -0.2) is 0 Å². The number of rotatable bonds is 7. The second-order valence-electron chi connectivity index (χ2n) is 6.61. The number of anilines is 2. The number of thioether (sulfide) groups is 1. The van der Waals surface area contributed by atoms with Crippen LogP contribution < -0.4 is 10.6 Å². The van der Waals surface area contributed by atoms with E-state index in [-0.39, 0.29) is 5.91 Å². The summed E-state index contributed by atoms with van der Waals surface area (Å²) in [6.07, 6.45) is 4.67. The maximum Gasteiger partial charge on any atom is 0.230 e. The molecule has 1 amide bonds. The summed E-state index contributed by atoms with van der Waals surface area (Å²) >= 11 is 2.92. The fraction of sp³-hybridized carbons (Fsp3) is 0.500. The molecule has 2 aromatic rings. The normalized spacial score (nSPS) is 14.8. The largest absolute Gasteiger partial charge is 0.353 e. The van der Waals surface area contributed by atoms with Crippen LogP contribution in [0.25, 0.3) is 0 Å². The van der Waals surface area contributed by atoms with Gasteiger partial charge >= 0.3 is 0 Å². The minimum atomic E-state index is 0.0888. The van der Waals surface area contributed by atoms with Crippen LogP contribution in [0.15, 0.2) is 28.6 Å². The van der Waals surface area contributed by atoms with Crippen LogP contribution in [-0.4, -0.2) is 27.9 Å². The van der Waals surface area contributed by atoms with Crippen molar-refractivity contribution in [3.63, 3.8) is 0 Å². The number of hydrogen-bond acceptors (Lipinski definition) is 6. The molecule has 1 aliphatic rings. The molecule has 5 nitrogen and oxygen atoms in total. The third kappa shape index (κ3) is 5.44. The standard InChI is InChI=1S/C18H24N4OS2/c1-12(2)13-7-9-15(10-8-13)20-17-21-22-18(25-17)24-11-16(23)19-14-5-3-4-6-14/h7-10,12,14H,3-6,11H2,1-2H3,(H,19,23)(H,20,21). The van der Waals surface area contributed by atoms with Crippen molar-refractivity contribution in [3.05, 3.63) is 29.8 Å². The Labute approximate surface area is 157 Å². The quantitative estimate of drug-likeness (QED) is 0.694. The van der Waals surface area contributed by atoms with Gasteiger partial charge in [0.15, 0.2) is 4.34 Å². The maximum absolute atomic E-state index is 12.0. The number of nitrogens with zero attached hydrogens (tertiary/aromatic N) is 2. The summed E-state index contributed by atoms with van der Waals surface area (Å²) in [4.78, 5) is 12.0. The lowest BCUT2D eigenvalue weighted by molar-refractivity contribution is -0.119. The van der Waals surface area contributed by atoms with E-state index in [1.165, 1.54) is 41.5 Å². The SMILES string of the molecule is CC(C)c1ccc(Nc2nnc(SCC(=O)NC3CCCC3)s2)cc1. The molecule has 7 heteroatoms. The van der Waals surface area contributed by atoms with Crippen molar-refractivity contribution in [3.8, 4) is 0 Å². The van der Waals surface area contributed by atoms with Gasteiger partial charge < -0.3 is 10.6 Å². The summed E-state index contributed by atoms with van der Waals surface area (Å²) in [6.45, 7) is 4.36. The van der Waals surface area contributed by atoms with Crippen molar-refractivity contribution in [2.75, 3.05) is 11.1 Å². The smallest absolute Gasteiger partial charge is 0.230 e. The van der Waals surface area contributed by atoms with Crippen molar-refractivity contribution in [1.82, 2.24) is 15.5 Å². The molecular weight excluding hydrogens is 352 g/mol. The number of carbonyl (C=O) groups excluding carboxylic acids is 1. The first kappa shape index (κ1) is 18.2. The second kappa shape index (κ2) is 8.67. The minimum absolute atomic E-state index is 0.0888. The fourth-order valence-electron chi connectivity index (χ4n) is 2.86. The van der Waals surface area contributed by atoms with Crippen LogP contribution in [0.5, 0.6) is 0 Å². The Morgan fingerprint density at radius 2 is 1.96 bits per heavy atom. The van der Waals surface area contributed by atoms with Gasteiger partial charge in [-0.2, -0.15) is 0 Å². The van der Waals surface area contributed by atoms with Crippen molar-refractivity contribution in [2.45, 2.75) is 55.8 Å². The number of amides is 1. The Balaban J connectivity index is 1.47. The zero-order valence-electron chi connectivity index (χ0n) is 14.6. The van der Waals surface area contributed by atoms with Crippen LogP contribution in [-0.2, 0) is 4.79 Å². The topological polar surface area (TPSA) is 66.9 Å². The first-order valence-electron chi connectivity index (χ1n) is 8.73. The molecule has 0 atom stereocenters. The number of hydrogen-bond donors (Lipinski definition) is 2. The van der Waals surface area contributed by atoms with Gasteiger partial charge in [-0.05, 0) is 36.5 Å². The Bertz CT molecular complexity index is 693. The van der Waals surface area contributed by atoms with Crippen LogP contribution in [0.1, 0.15) is 51.0 Å². The maximum atomic E-state index is 12.0. The molecule has 0 bridgehead atoms. The molecule has 1 aromatic carbocycles. The fourth-order valence-corrected chi connectivity index (χ4v) is 4.44. The van der Waals surface area contributed by atoms with Gasteiger partial charge in [0.1, 0.15) is 0 Å². The highest BCUT2D eigenvalue weighted by Gasteiger charge is 2.17. The first-order chi connectivity index (χ1) is 12.1. The van der Waals surface area contributed by atoms with E-state index in [9.17, 15) is 4.79 Å². The lowest BCUT2D eigenvalue weighted by Gasteiger charge is -2.10. The average molecular weight is 377 g/mol. The van der Waals surface area contributed by atoms with Gasteiger partial charge in [0.2, 0.25) is 11.0 Å². The average Bonchev–Trinajstić information content (AvgIpc) is 3.25. The van der Waals surface area contributed by atoms with E-state index in [1.807, 2.05) is 0 Å². The van der Waals surface area contributed by atoms with Crippen molar-refractivity contribution in [1.29, 1.82) is 0 Å². The van der Waals surface area contributed by atoms with Gasteiger partial charge in [0, 0.05) is 11.7 Å². The summed E-state index contributed by atoms with van der Waals surface area (Å²) in [5.41, 5.74) is 2.31. The summed E-state index contributed by atoms with van der Waals surface area (Å²) in [5.74, 6) is 1.01. The van der Waals surface area contributed by atoms with Crippen LogP contribution >= 0.6 is 23.1 Å². The van der Waals surface area contributed by atoms with E-state index in [0.29, 0.717) is 17.7 Å². The number of nitrogens with one attached hydrogen (secondary N) is 2. The molecule has 0 saturated heterocycles. The molecule has 3 rings (SSSR count). The minimum Gasteiger partial charge on any atom is -0.353 e. The van der Waals surface area contributed by atoms with Crippen molar-refractivity contribution in [2.24, 2.45) is 0 Å². The Kier molecular flexibility index (Phi) is 6.31. The third-order valence-electron chi connectivity index (χ3n) is 4.28. The van der Waals surface area contributed by atoms with E-state index < -0.39 is 0 Å². The number of carbonyl (C=O) groups is 1. The van der Waals surface area contributed by atoms with Gasteiger partial charge in [-0.1, -0.05) is 61.9 Å².